The minimum absolute atomic E-state index is 0.184. The SMILES string of the molecule is CCNCc1ccccc1NC(=O)c1cnc[nH]1. The summed E-state index contributed by atoms with van der Waals surface area (Å²) in [6.45, 7) is 3.67. The zero-order chi connectivity index (χ0) is 12.8. The summed E-state index contributed by atoms with van der Waals surface area (Å²) in [7, 11) is 0. The van der Waals surface area contributed by atoms with Gasteiger partial charge in [0.1, 0.15) is 5.69 Å². The van der Waals surface area contributed by atoms with Crippen LogP contribution in [0.1, 0.15) is 23.0 Å². The molecule has 0 aliphatic carbocycles. The summed E-state index contributed by atoms with van der Waals surface area (Å²) >= 11 is 0. The number of hydrogen-bond acceptors (Lipinski definition) is 3. The van der Waals surface area contributed by atoms with Gasteiger partial charge in [0.05, 0.1) is 12.5 Å². The average molecular weight is 244 g/mol. The second kappa shape index (κ2) is 5.97. The van der Waals surface area contributed by atoms with Crippen LogP contribution < -0.4 is 10.6 Å². The number of carbonyl (C=O) groups excluding carboxylic acids is 1. The molecule has 0 bridgehead atoms. The van der Waals surface area contributed by atoms with Gasteiger partial charge in [0, 0.05) is 12.2 Å². The van der Waals surface area contributed by atoms with Crippen molar-refractivity contribution < 1.29 is 4.79 Å². The number of imidazole rings is 1. The van der Waals surface area contributed by atoms with E-state index in [0.717, 1.165) is 24.3 Å². The predicted molar refractivity (Wildman–Crippen MR) is 70.4 cm³/mol. The number of aromatic amines is 1. The Balaban J connectivity index is 2.11. The largest absolute Gasteiger partial charge is 0.341 e. The molecule has 2 aromatic rings. The van der Waals surface area contributed by atoms with Crippen molar-refractivity contribution in [3.8, 4) is 0 Å². The fraction of sp³-hybridized carbons (Fsp3) is 0.231. The number of H-pyrrole nitrogens is 1. The first kappa shape index (κ1) is 12.3. The molecule has 5 nitrogen and oxygen atoms in total. The van der Waals surface area contributed by atoms with Gasteiger partial charge >= 0.3 is 0 Å². The zero-order valence-corrected chi connectivity index (χ0v) is 10.2. The number of benzene rings is 1. The molecule has 94 valence electrons. The van der Waals surface area contributed by atoms with E-state index in [1.165, 1.54) is 12.5 Å². The molecule has 0 saturated heterocycles. The van der Waals surface area contributed by atoms with Crippen molar-refractivity contribution >= 4 is 11.6 Å². The third-order valence-electron chi connectivity index (χ3n) is 2.57. The highest BCUT2D eigenvalue weighted by Gasteiger charge is 2.09. The molecule has 5 heteroatoms. The van der Waals surface area contributed by atoms with E-state index in [2.05, 4.69) is 20.6 Å². The lowest BCUT2D eigenvalue weighted by molar-refractivity contribution is 0.102. The number of carbonyl (C=O) groups is 1. The van der Waals surface area contributed by atoms with Crippen molar-refractivity contribution in [1.82, 2.24) is 15.3 Å². The van der Waals surface area contributed by atoms with E-state index in [9.17, 15) is 4.79 Å². The number of amides is 1. The van der Waals surface area contributed by atoms with E-state index < -0.39 is 0 Å². The van der Waals surface area contributed by atoms with Gasteiger partial charge in [0.15, 0.2) is 0 Å². The van der Waals surface area contributed by atoms with E-state index in [1.54, 1.807) is 0 Å². The lowest BCUT2D eigenvalue weighted by atomic mass is 10.1. The second-order valence-corrected chi connectivity index (χ2v) is 3.86. The van der Waals surface area contributed by atoms with Gasteiger partial charge in [-0.2, -0.15) is 0 Å². The molecule has 2 rings (SSSR count). The Morgan fingerprint density at radius 3 is 2.94 bits per heavy atom. The predicted octanol–water partition coefficient (Wildman–Crippen LogP) is 1.77. The number of anilines is 1. The first-order valence-electron chi connectivity index (χ1n) is 5.89. The first-order chi connectivity index (χ1) is 8.81. The normalized spacial score (nSPS) is 10.3. The Morgan fingerprint density at radius 2 is 2.22 bits per heavy atom. The van der Waals surface area contributed by atoms with Gasteiger partial charge in [-0.3, -0.25) is 4.79 Å². The maximum Gasteiger partial charge on any atom is 0.273 e. The quantitative estimate of drug-likeness (QED) is 0.750. The number of nitrogens with zero attached hydrogens (tertiary/aromatic N) is 1. The molecule has 1 amide bonds. The lowest BCUT2D eigenvalue weighted by Gasteiger charge is -2.10. The van der Waals surface area contributed by atoms with Crippen LogP contribution in [0.25, 0.3) is 0 Å². The van der Waals surface area contributed by atoms with Crippen molar-refractivity contribution in [2.75, 3.05) is 11.9 Å². The molecule has 0 unspecified atom stereocenters. The Bertz CT molecular complexity index is 507. The minimum atomic E-state index is -0.184. The monoisotopic (exact) mass is 244 g/mol. The number of aromatic nitrogens is 2. The van der Waals surface area contributed by atoms with Crippen LogP contribution in [0.5, 0.6) is 0 Å². The van der Waals surface area contributed by atoms with Crippen molar-refractivity contribution in [2.24, 2.45) is 0 Å². The number of rotatable bonds is 5. The molecule has 3 N–H and O–H groups in total. The molecule has 0 atom stereocenters. The highest BCUT2D eigenvalue weighted by Crippen LogP contribution is 2.15. The Hall–Kier alpha value is -2.14. The van der Waals surface area contributed by atoms with Crippen LogP contribution in [-0.4, -0.2) is 22.4 Å². The van der Waals surface area contributed by atoms with E-state index in [4.69, 9.17) is 0 Å². The lowest BCUT2D eigenvalue weighted by Crippen LogP contribution is -2.17. The number of nitrogens with one attached hydrogen (secondary N) is 3. The highest BCUT2D eigenvalue weighted by molar-refractivity contribution is 6.03. The molecule has 0 radical (unpaired) electrons. The van der Waals surface area contributed by atoms with Crippen LogP contribution in [0.2, 0.25) is 0 Å². The molecular weight excluding hydrogens is 228 g/mol. The van der Waals surface area contributed by atoms with Crippen molar-refractivity contribution in [3.05, 3.63) is 48.0 Å². The molecule has 0 saturated carbocycles. The fourth-order valence-corrected chi connectivity index (χ4v) is 1.63. The van der Waals surface area contributed by atoms with Gasteiger partial charge in [0.2, 0.25) is 0 Å². The third kappa shape index (κ3) is 2.95. The van der Waals surface area contributed by atoms with Gasteiger partial charge in [-0.25, -0.2) is 4.98 Å². The van der Waals surface area contributed by atoms with E-state index in [1.807, 2.05) is 31.2 Å². The topological polar surface area (TPSA) is 69.8 Å². The van der Waals surface area contributed by atoms with Gasteiger partial charge in [0.25, 0.3) is 5.91 Å². The molecular formula is C13H16N4O. The van der Waals surface area contributed by atoms with Crippen molar-refractivity contribution in [3.63, 3.8) is 0 Å². The Labute approximate surface area is 106 Å². The summed E-state index contributed by atoms with van der Waals surface area (Å²) in [6.07, 6.45) is 2.99. The summed E-state index contributed by atoms with van der Waals surface area (Å²) in [4.78, 5) is 18.5. The third-order valence-corrected chi connectivity index (χ3v) is 2.57. The minimum Gasteiger partial charge on any atom is -0.341 e. The van der Waals surface area contributed by atoms with E-state index >= 15 is 0 Å². The van der Waals surface area contributed by atoms with Crippen LogP contribution in [0, 0.1) is 0 Å². The maximum absolute atomic E-state index is 11.9. The van der Waals surface area contributed by atoms with Crippen molar-refractivity contribution in [2.45, 2.75) is 13.5 Å². The zero-order valence-electron chi connectivity index (χ0n) is 10.2. The van der Waals surface area contributed by atoms with Crippen LogP contribution in [-0.2, 0) is 6.54 Å². The summed E-state index contributed by atoms with van der Waals surface area (Å²) in [6, 6.07) is 7.74. The molecule has 18 heavy (non-hydrogen) atoms. The van der Waals surface area contributed by atoms with E-state index in [0.29, 0.717) is 5.69 Å². The van der Waals surface area contributed by atoms with Crippen LogP contribution in [0.15, 0.2) is 36.8 Å². The van der Waals surface area contributed by atoms with Crippen molar-refractivity contribution in [1.29, 1.82) is 0 Å². The maximum atomic E-state index is 11.9. The van der Waals surface area contributed by atoms with Gasteiger partial charge in [-0.05, 0) is 18.2 Å². The number of para-hydroxylation sites is 1. The molecule has 0 fully saturated rings. The summed E-state index contributed by atoms with van der Waals surface area (Å²) in [5.74, 6) is -0.184. The van der Waals surface area contributed by atoms with Gasteiger partial charge in [-0.15, -0.1) is 0 Å². The molecule has 0 spiro atoms. The Morgan fingerprint density at radius 1 is 1.39 bits per heavy atom. The molecule has 1 heterocycles. The molecule has 1 aromatic heterocycles. The van der Waals surface area contributed by atoms with E-state index in [-0.39, 0.29) is 5.91 Å². The average Bonchev–Trinajstić information content (AvgIpc) is 2.91. The molecule has 0 aliphatic rings. The second-order valence-electron chi connectivity index (χ2n) is 3.86. The van der Waals surface area contributed by atoms with Crippen LogP contribution in [0.3, 0.4) is 0 Å². The summed E-state index contributed by atoms with van der Waals surface area (Å²) in [5, 5.41) is 6.11. The van der Waals surface area contributed by atoms with Crippen LogP contribution >= 0.6 is 0 Å². The summed E-state index contributed by atoms with van der Waals surface area (Å²) < 4.78 is 0. The van der Waals surface area contributed by atoms with Crippen LogP contribution in [0.4, 0.5) is 5.69 Å². The molecule has 0 aliphatic heterocycles. The van der Waals surface area contributed by atoms with Gasteiger partial charge in [-0.1, -0.05) is 25.1 Å². The standard InChI is InChI=1S/C13H16N4O/c1-2-14-7-10-5-3-4-6-11(10)17-13(18)12-8-15-9-16-12/h3-6,8-9,14H,2,7H2,1H3,(H,15,16)(H,17,18). The smallest absolute Gasteiger partial charge is 0.273 e. The molecule has 1 aromatic carbocycles. The Kier molecular flexibility index (Phi) is 4.09. The first-order valence-corrected chi connectivity index (χ1v) is 5.89. The fourth-order valence-electron chi connectivity index (χ4n) is 1.63. The van der Waals surface area contributed by atoms with Gasteiger partial charge < -0.3 is 15.6 Å². The highest BCUT2D eigenvalue weighted by atomic mass is 16.1. The number of hydrogen-bond donors (Lipinski definition) is 3. The summed E-state index contributed by atoms with van der Waals surface area (Å²) in [5.41, 5.74) is 2.33.